The summed E-state index contributed by atoms with van der Waals surface area (Å²) in [5, 5.41) is 5.57. The van der Waals surface area contributed by atoms with Crippen LogP contribution < -0.4 is 5.43 Å². The molecule has 132 valence electrons. The molecule has 0 radical (unpaired) electrons. The van der Waals surface area contributed by atoms with Crippen molar-refractivity contribution in [2.24, 2.45) is 0 Å². The zero-order valence-corrected chi connectivity index (χ0v) is 15.4. The standard InChI is InChI=1S/C24H20N2O/c1-17-12-13-19(16-18(17)2)14-15-22-21-10-6-7-11-23(27)24(21)26(25-22)20-8-4-3-5-9-20/h3-16H,1-2H3/b15-14+. The zero-order chi connectivity index (χ0) is 18.8. The maximum absolute atomic E-state index is 12.7. The fourth-order valence-corrected chi connectivity index (χ4v) is 3.14. The minimum absolute atomic E-state index is 0.0443. The van der Waals surface area contributed by atoms with E-state index in [2.05, 4.69) is 32.0 Å². The van der Waals surface area contributed by atoms with Crippen molar-refractivity contribution in [1.82, 2.24) is 9.78 Å². The highest BCUT2D eigenvalue weighted by molar-refractivity contribution is 5.90. The molecule has 0 atom stereocenters. The Morgan fingerprint density at radius 2 is 1.56 bits per heavy atom. The molecule has 0 saturated heterocycles. The molecule has 0 spiro atoms. The first-order chi connectivity index (χ1) is 13.1. The van der Waals surface area contributed by atoms with Crippen molar-refractivity contribution < 1.29 is 0 Å². The van der Waals surface area contributed by atoms with E-state index >= 15 is 0 Å². The summed E-state index contributed by atoms with van der Waals surface area (Å²) in [5.41, 5.74) is 5.84. The third-order valence-electron chi connectivity index (χ3n) is 4.77. The molecule has 0 N–H and O–H groups in total. The van der Waals surface area contributed by atoms with E-state index in [1.165, 1.54) is 11.1 Å². The number of para-hydroxylation sites is 1. The van der Waals surface area contributed by atoms with Gasteiger partial charge in [0.05, 0.1) is 11.4 Å². The predicted octanol–water partition coefficient (Wildman–Crippen LogP) is 5.17. The van der Waals surface area contributed by atoms with E-state index in [1.807, 2.05) is 54.6 Å². The van der Waals surface area contributed by atoms with Crippen LogP contribution in [0.25, 0.3) is 28.7 Å². The summed E-state index contributed by atoms with van der Waals surface area (Å²) < 4.78 is 1.73. The largest absolute Gasteiger partial charge is 0.288 e. The van der Waals surface area contributed by atoms with E-state index in [9.17, 15) is 4.79 Å². The molecule has 4 aromatic rings. The lowest BCUT2D eigenvalue weighted by molar-refractivity contribution is 0.902. The van der Waals surface area contributed by atoms with Crippen LogP contribution in [0.5, 0.6) is 0 Å². The Morgan fingerprint density at radius 1 is 0.815 bits per heavy atom. The van der Waals surface area contributed by atoms with Crippen LogP contribution in [0.2, 0.25) is 0 Å². The summed E-state index contributed by atoms with van der Waals surface area (Å²) in [6, 6.07) is 23.3. The number of hydrogen-bond donors (Lipinski definition) is 0. The fourth-order valence-electron chi connectivity index (χ4n) is 3.14. The van der Waals surface area contributed by atoms with E-state index in [4.69, 9.17) is 5.10 Å². The van der Waals surface area contributed by atoms with Crippen LogP contribution in [-0.2, 0) is 0 Å². The van der Waals surface area contributed by atoms with Crippen molar-refractivity contribution in [3.05, 3.63) is 105 Å². The maximum Gasteiger partial charge on any atom is 0.204 e. The molecule has 3 aromatic carbocycles. The van der Waals surface area contributed by atoms with Gasteiger partial charge in [-0.1, -0.05) is 60.7 Å². The minimum Gasteiger partial charge on any atom is -0.288 e. The smallest absolute Gasteiger partial charge is 0.204 e. The second-order valence-electron chi connectivity index (χ2n) is 6.65. The van der Waals surface area contributed by atoms with Crippen LogP contribution in [0.4, 0.5) is 0 Å². The summed E-state index contributed by atoms with van der Waals surface area (Å²) in [7, 11) is 0. The molecule has 3 heteroatoms. The van der Waals surface area contributed by atoms with Crippen LogP contribution in [0, 0.1) is 13.8 Å². The predicted molar refractivity (Wildman–Crippen MR) is 112 cm³/mol. The molecular formula is C24H20N2O. The Morgan fingerprint density at radius 3 is 2.33 bits per heavy atom. The van der Waals surface area contributed by atoms with Gasteiger partial charge in [-0.05, 0) is 54.8 Å². The molecule has 0 aliphatic heterocycles. The number of aryl methyl sites for hydroxylation is 2. The highest BCUT2D eigenvalue weighted by Crippen LogP contribution is 2.21. The maximum atomic E-state index is 12.7. The number of rotatable bonds is 3. The third kappa shape index (κ3) is 3.32. The quantitative estimate of drug-likeness (QED) is 0.510. The van der Waals surface area contributed by atoms with Gasteiger partial charge in [-0.2, -0.15) is 5.10 Å². The van der Waals surface area contributed by atoms with Gasteiger partial charge >= 0.3 is 0 Å². The van der Waals surface area contributed by atoms with Crippen molar-refractivity contribution >= 4 is 23.1 Å². The van der Waals surface area contributed by atoms with E-state index in [0.29, 0.717) is 5.52 Å². The third-order valence-corrected chi connectivity index (χ3v) is 4.77. The van der Waals surface area contributed by atoms with Gasteiger partial charge in [0, 0.05) is 5.39 Å². The first-order valence-electron chi connectivity index (χ1n) is 8.96. The van der Waals surface area contributed by atoms with Crippen LogP contribution in [-0.4, -0.2) is 9.78 Å². The second kappa shape index (κ2) is 7.04. The first kappa shape index (κ1) is 17.0. The number of aromatic nitrogens is 2. The SMILES string of the molecule is Cc1ccc(/C=C/c2nn(-c3ccccc3)c3c(=O)ccccc23)cc1C. The molecule has 0 unspecified atom stereocenters. The molecule has 27 heavy (non-hydrogen) atoms. The van der Waals surface area contributed by atoms with Crippen LogP contribution in [0.15, 0.2) is 77.6 Å². The molecule has 3 nitrogen and oxygen atoms in total. The van der Waals surface area contributed by atoms with Crippen molar-refractivity contribution in [3.8, 4) is 5.69 Å². The van der Waals surface area contributed by atoms with Crippen molar-refractivity contribution in [1.29, 1.82) is 0 Å². The number of hydrogen-bond acceptors (Lipinski definition) is 2. The van der Waals surface area contributed by atoms with Gasteiger partial charge in [-0.25, -0.2) is 4.68 Å². The van der Waals surface area contributed by atoms with Crippen molar-refractivity contribution in [2.45, 2.75) is 13.8 Å². The Labute approximate surface area is 158 Å². The van der Waals surface area contributed by atoms with E-state index < -0.39 is 0 Å². The van der Waals surface area contributed by atoms with E-state index in [-0.39, 0.29) is 5.43 Å². The van der Waals surface area contributed by atoms with E-state index in [1.54, 1.807) is 16.8 Å². The fraction of sp³-hybridized carbons (Fsp3) is 0.0833. The zero-order valence-electron chi connectivity index (χ0n) is 15.4. The Kier molecular flexibility index (Phi) is 4.43. The Hall–Kier alpha value is -3.46. The van der Waals surface area contributed by atoms with Gasteiger partial charge in [0.2, 0.25) is 5.43 Å². The minimum atomic E-state index is -0.0443. The number of nitrogens with zero attached hydrogens (tertiary/aromatic N) is 2. The molecule has 0 aliphatic carbocycles. The molecule has 1 aromatic heterocycles. The van der Waals surface area contributed by atoms with Crippen LogP contribution in [0.1, 0.15) is 22.4 Å². The molecule has 0 saturated carbocycles. The topological polar surface area (TPSA) is 34.9 Å². The van der Waals surface area contributed by atoms with Gasteiger partial charge in [-0.15, -0.1) is 0 Å². The second-order valence-corrected chi connectivity index (χ2v) is 6.65. The van der Waals surface area contributed by atoms with Gasteiger partial charge < -0.3 is 0 Å². The molecule has 0 bridgehead atoms. The van der Waals surface area contributed by atoms with Crippen LogP contribution >= 0.6 is 0 Å². The van der Waals surface area contributed by atoms with Crippen LogP contribution in [0.3, 0.4) is 0 Å². The van der Waals surface area contributed by atoms with Gasteiger partial charge in [0.15, 0.2) is 0 Å². The number of benzene rings is 2. The van der Waals surface area contributed by atoms with Gasteiger partial charge in [0.25, 0.3) is 0 Å². The molecule has 0 aliphatic rings. The average molecular weight is 352 g/mol. The molecular weight excluding hydrogens is 332 g/mol. The summed E-state index contributed by atoms with van der Waals surface area (Å²) >= 11 is 0. The summed E-state index contributed by atoms with van der Waals surface area (Å²) in [4.78, 5) is 12.7. The van der Waals surface area contributed by atoms with E-state index in [0.717, 1.165) is 22.3 Å². The average Bonchev–Trinajstić information content (AvgIpc) is 2.94. The number of fused-ring (bicyclic) bond motifs is 1. The summed E-state index contributed by atoms with van der Waals surface area (Å²) in [5.74, 6) is 0. The first-order valence-corrected chi connectivity index (χ1v) is 8.96. The summed E-state index contributed by atoms with van der Waals surface area (Å²) in [6.07, 6.45) is 4.02. The lowest BCUT2D eigenvalue weighted by Crippen LogP contribution is -2.04. The highest BCUT2D eigenvalue weighted by Gasteiger charge is 2.11. The molecule has 0 amide bonds. The molecule has 0 fully saturated rings. The Bertz CT molecular complexity index is 1200. The van der Waals surface area contributed by atoms with Crippen molar-refractivity contribution in [2.75, 3.05) is 0 Å². The monoisotopic (exact) mass is 352 g/mol. The molecule has 4 rings (SSSR count). The molecule has 1 heterocycles. The highest BCUT2D eigenvalue weighted by atomic mass is 16.1. The van der Waals surface area contributed by atoms with Crippen molar-refractivity contribution in [3.63, 3.8) is 0 Å². The lowest BCUT2D eigenvalue weighted by atomic mass is 10.1. The summed E-state index contributed by atoms with van der Waals surface area (Å²) in [6.45, 7) is 4.21. The Balaban J connectivity index is 1.90. The van der Waals surface area contributed by atoms with Gasteiger partial charge in [0.1, 0.15) is 5.52 Å². The lowest BCUT2D eigenvalue weighted by Gasteiger charge is -2.01. The normalized spacial score (nSPS) is 11.3. The van der Waals surface area contributed by atoms with Gasteiger partial charge in [-0.3, -0.25) is 4.79 Å².